The van der Waals surface area contributed by atoms with Crippen molar-refractivity contribution in [2.24, 2.45) is 0 Å². The number of rotatable bonds is 6. The average molecular weight is 289 g/mol. The quantitative estimate of drug-likeness (QED) is 0.841. The fourth-order valence-corrected chi connectivity index (χ4v) is 1.84. The predicted molar refractivity (Wildman–Crippen MR) is 78.9 cm³/mol. The highest BCUT2D eigenvalue weighted by atomic mass is 16.4. The first-order valence-corrected chi connectivity index (χ1v) is 6.69. The normalized spacial score (nSPS) is 10.0. The van der Waals surface area contributed by atoms with E-state index in [1.165, 1.54) is 0 Å². The summed E-state index contributed by atoms with van der Waals surface area (Å²) in [5.41, 5.74) is 1.27. The van der Waals surface area contributed by atoms with Crippen LogP contribution in [0, 0.1) is 11.3 Å². The van der Waals surface area contributed by atoms with Gasteiger partial charge in [0.1, 0.15) is 0 Å². The number of nitrogens with one attached hydrogen (secondary N) is 1. The molecular formula is C15H19N3O3. The number of hydrogen-bond acceptors (Lipinski definition) is 3. The first kappa shape index (κ1) is 16.5. The third kappa shape index (κ3) is 5.53. The molecule has 112 valence electrons. The second-order valence-corrected chi connectivity index (χ2v) is 4.89. The molecule has 0 atom stereocenters. The fourth-order valence-electron chi connectivity index (χ4n) is 1.84. The lowest BCUT2D eigenvalue weighted by molar-refractivity contribution is -0.136. The van der Waals surface area contributed by atoms with E-state index in [9.17, 15) is 9.59 Å². The van der Waals surface area contributed by atoms with Crippen molar-refractivity contribution in [1.82, 2.24) is 4.90 Å². The molecule has 6 nitrogen and oxygen atoms in total. The van der Waals surface area contributed by atoms with Gasteiger partial charge >= 0.3 is 12.0 Å². The van der Waals surface area contributed by atoms with Crippen LogP contribution in [0.4, 0.5) is 10.5 Å². The summed E-state index contributed by atoms with van der Waals surface area (Å²) in [7, 11) is 0. The second kappa shape index (κ2) is 7.90. The van der Waals surface area contributed by atoms with Crippen LogP contribution in [0.2, 0.25) is 0 Å². The summed E-state index contributed by atoms with van der Waals surface area (Å²) in [5, 5.41) is 20.1. The summed E-state index contributed by atoms with van der Waals surface area (Å²) in [6.07, 6.45) is 0.234. The van der Waals surface area contributed by atoms with Crippen molar-refractivity contribution in [2.45, 2.75) is 32.7 Å². The van der Waals surface area contributed by atoms with E-state index >= 15 is 0 Å². The summed E-state index contributed by atoms with van der Waals surface area (Å²) in [6, 6.07) is 8.40. The van der Waals surface area contributed by atoms with Crippen LogP contribution in [0.3, 0.4) is 0 Å². The number of urea groups is 1. The molecule has 0 radical (unpaired) electrons. The number of amides is 2. The van der Waals surface area contributed by atoms with E-state index < -0.39 is 5.97 Å². The maximum Gasteiger partial charge on any atom is 0.322 e. The first-order chi connectivity index (χ1) is 9.93. The number of nitriles is 1. The highest BCUT2D eigenvalue weighted by Crippen LogP contribution is 2.12. The fraction of sp³-hybridized carbons (Fsp3) is 0.400. The van der Waals surface area contributed by atoms with E-state index in [1.807, 2.05) is 19.9 Å². The van der Waals surface area contributed by atoms with Gasteiger partial charge in [0.25, 0.3) is 0 Å². The number of carbonyl (C=O) groups is 2. The summed E-state index contributed by atoms with van der Waals surface area (Å²) in [6.45, 7) is 4.14. The molecule has 0 aliphatic rings. The van der Waals surface area contributed by atoms with Gasteiger partial charge in [0.2, 0.25) is 0 Å². The van der Waals surface area contributed by atoms with Gasteiger partial charge in [0.05, 0.1) is 18.9 Å². The monoisotopic (exact) mass is 289 g/mol. The Morgan fingerprint density at radius 1 is 1.33 bits per heavy atom. The van der Waals surface area contributed by atoms with Crippen LogP contribution in [-0.4, -0.2) is 34.6 Å². The molecule has 2 N–H and O–H groups in total. The number of benzene rings is 1. The minimum atomic E-state index is -0.894. The minimum absolute atomic E-state index is 0.00960. The second-order valence-electron chi connectivity index (χ2n) is 4.89. The van der Waals surface area contributed by atoms with E-state index in [1.54, 1.807) is 29.2 Å². The third-order valence-electron chi connectivity index (χ3n) is 2.91. The molecule has 6 heteroatoms. The standard InChI is InChI=1S/C15H19N3O3/c1-11(2)18(9-3-8-16)15(21)17-13-6-4-12(5-7-13)10-14(19)20/h4-7,11H,3,9-10H2,1-2H3,(H,17,21)(H,19,20). The Kier molecular flexibility index (Phi) is 6.21. The lowest BCUT2D eigenvalue weighted by Crippen LogP contribution is -2.40. The molecule has 0 saturated carbocycles. The smallest absolute Gasteiger partial charge is 0.322 e. The van der Waals surface area contributed by atoms with E-state index in [0.717, 1.165) is 0 Å². The van der Waals surface area contributed by atoms with Gasteiger partial charge < -0.3 is 15.3 Å². The highest BCUT2D eigenvalue weighted by molar-refractivity contribution is 5.89. The van der Waals surface area contributed by atoms with Gasteiger partial charge in [-0.3, -0.25) is 4.79 Å². The number of anilines is 1. The van der Waals surface area contributed by atoms with E-state index in [4.69, 9.17) is 10.4 Å². The van der Waals surface area contributed by atoms with E-state index in [-0.39, 0.29) is 24.9 Å². The molecular weight excluding hydrogens is 270 g/mol. The van der Waals surface area contributed by atoms with Crippen molar-refractivity contribution in [3.05, 3.63) is 29.8 Å². The van der Waals surface area contributed by atoms with Gasteiger partial charge in [-0.05, 0) is 31.5 Å². The number of hydrogen-bond donors (Lipinski definition) is 2. The van der Waals surface area contributed by atoms with Gasteiger partial charge in [-0.15, -0.1) is 0 Å². The molecule has 1 aromatic carbocycles. The van der Waals surface area contributed by atoms with E-state index in [2.05, 4.69) is 5.32 Å². The average Bonchev–Trinajstić information content (AvgIpc) is 2.40. The van der Waals surface area contributed by atoms with Crippen molar-refractivity contribution in [3.8, 4) is 6.07 Å². The Balaban J connectivity index is 2.68. The highest BCUT2D eigenvalue weighted by Gasteiger charge is 2.16. The number of nitrogens with zero attached hydrogens (tertiary/aromatic N) is 2. The lowest BCUT2D eigenvalue weighted by Gasteiger charge is -2.26. The Labute approximate surface area is 124 Å². The Bertz CT molecular complexity index is 532. The van der Waals surface area contributed by atoms with Crippen LogP contribution in [0.25, 0.3) is 0 Å². The molecule has 2 amide bonds. The van der Waals surface area contributed by atoms with Gasteiger partial charge in [0, 0.05) is 18.3 Å². The molecule has 0 fully saturated rings. The van der Waals surface area contributed by atoms with Crippen LogP contribution in [0.1, 0.15) is 25.8 Å². The zero-order valence-electron chi connectivity index (χ0n) is 12.2. The molecule has 1 rings (SSSR count). The summed E-state index contributed by atoms with van der Waals surface area (Å²) in [4.78, 5) is 24.3. The largest absolute Gasteiger partial charge is 0.481 e. The zero-order chi connectivity index (χ0) is 15.8. The zero-order valence-corrected chi connectivity index (χ0v) is 12.2. The molecule has 0 saturated heterocycles. The van der Waals surface area contributed by atoms with Crippen LogP contribution >= 0.6 is 0 Å². The van der Waals surface area contributed by atoms with Crippen molar-refractivity contribution in [2.75, 3.05) is 11.9 Å². The van der Waals surface area contributed by atoms with Crippen LogP contribution < -0.4 is 5.32 Å². The van der Waals surface area contributed by atoms with Crippen molar-refractivity contribution in [3.63, 3.8) is 0 Å². The first-order valence-electron chi connectivity index (χ1n) is 6.69. The summed E-state index contributed by atoms with van der Waals surface area (Å²) in [5.74, 6) is -0.894. The molecule has 0 bridgehead atoms. The van der Waals surface area contributed by atoms with Gasteiger partial charge in [0.15, 0.2) is 0 Å². The minimum Gasteiger partial charge on any atom is -0.481 e. The molecule has 21 heavy (non-hydrogen) atoms. The Hall–Kier alpha value is -2.55. The molecule has 0 heterocycles. The summed E-state index contributed by atoms with van der Waals surface area (Å²) < 4.78 is 0. The van der Waals surface area contributed by atoms with Crippen molar-refractivity contribution < 1.29 is 14.7 Å². The van der Waals surface area contributed by atoms with Crippen molar-refractivity contribution in [1.29, 1.82) is 5.26 Å². The van der Waals surface area contributed by atoms with Crippen LogP contribution in [0.15, 0.2) is 24.3 Å². The van der Waals surface area contributed by atoms with E-state index in [0.29, 0.717) is 17.8 Å². The lowest BCUT2D eigenvalue weighted by atomic mass is 10.1. The molecule has 0 aliphatic carbocycles. The maximum absolute atomic E-state index is 12.1. The van der Waals surface area contributed by atoms with Gasteiger partial charge in [-0.2, -0.15) is 5.26 Å². The number of carboxylic acids is 1. The Morgan fingerprint density at radius 3 is 2.43 bits per heavy atom. The molecule has 0 unspecified atom stereocenters. The van der Waals surface area contributed by atoms with Crippen molar-refractivity contribution >= 4 is 17.7 Å². The summed E-state index contributed by atoms with van der Waals surface area (Å²) >= 11 is 0. The SMILES string of the molecule is CC(C)N(CCC#N)C(=O)Nc1ccc(CC(=O)O)cc1. The van der Waals surface area contributed by atoms with Gasteiger partial charge in [-0.1, -0.05) is 12.1 Å². The predicted octanol–water partition coefficient (Wildman–Crippen LogP) is 2.47. The maximum atomic E-state index is 12.1. The van der Waals surface area contributed by atoms with Crippen LogP contribution in [-0.2, 0) is 11.2 Å². The molecule has 0 aromatic heterocycles. The van der Waals surface area contributed by atoms with Crippen LogP contribution in [0.5, 0.6) is 0 Å². The number of aliphatic carboxylic acids is 1. The molecule has 0 spiro atoms. The molecule has 1 aromatic rings. The third-order valence-corrected chi connectivity index (χ3v) is 2.91. The van der Waals surface area contributed by atoms with Gasteiger partial charge in [-0.25, -0.2) is 4.79 Å². The number of carboxylic acid groups (broad SMARTS) is 1. The number of carbonyl (C=O) groups excluding carboxylic acids is 1. The molecule has 0 aliphatic heterocycles. The Morgan fingerprint density at radius 2 is 1.95 bits per heavy atom. The topological polar surface area (TPSA) is 93.4 Å².